The van der Waals surface area contributed by atoms with E-state index in [9.17, 15) is 4.79 Å². The molecule has 4 aliphatic rings. The van der Waals surface area contributed by atoms with Crippen molar-refractivity contribution in [3.05, 3.63) is 65.7 Å². The molecule has 1 amide bonds. The molecule has 6 heterocycles. The molecular weight excluding hydrogens is 546 g/mol. The number of rotatable bonds is 3. The van der Waals surface area contributed by atoms with Gasteiger partial charge in [0.05, 0.1) is 12.7 Å². The number of anilines is 2. The van der Waals surface area contributed by atoms with Gasteiger partial charge in [0.2, 0.25) is 5.88 Å². The third-order valence-corrected chi connectivity index (χ3v) is 6.99. The van der Waals surface area contributed by atoms with E-state index in [4.69, 9.17) is 19.4 Å². The van der Waals surface area contributed by atoms with Gasteiger partial charge in [-0.05, 0) is 51.1 Å². The Morgan fingerprint density at radius 2 is 1.88 bits per heavy atom. The molecule has 43 heavy (non-hydrogen) atoms. The fourth-order valence-electron chi connectivity index (χ4n) is 4.97. The van der Waals surface area contributed by atoms with Gasteiger partial charge < -0.3 is 29.2 Å². The van der Waals surface area contributed by atoms with Gasteiger partial charge in [-0.1, -0.05) is 11.8 Å². The van der Waals surface area contributed by atoms with E-state index in [2.05, 4.69) is 41.6 Å². The first kappa shape index (κ1) is 28.0. The number of nitrogens with one attached hydrogen (secondary N) is 1. The van der Waals surface area contributed by atoms with E-state index in [1.54, 1.807) is 30.6 Å². The lowest BCUT2D eigenvalue weighted by Crippen LogP contribution is -2.50. The van der Waals surface area contributed by atoms with Crippen LogP contribution in [0.15, 0.2) is 53.9 Å². The summed E-state index contributed by atoms with van der Waals surface area (Å²) >= 11 is 0. The van der Waals surface area contributed by atoms with Crippen molar-refractivity contribution in [3.8, 4) is 29.1 Å². The maximum absolute atomic E-state index is 12.4. The number of amides is 1. The zero-order valence-electron chi connectivity index (χ0n) is 24.7. The Kier molecular flexibility index (Phi) is 7.54. The number of pyridine rings is 3. The van der Waals surface area contributed by atoms with E-state index in [-0.39, 0.29) is 6.09 Å². The van der Waals surface area contributed by atoms with Crippen molar-refractivity contribution in [2.45, 2.75) is 32.9 Å². The molecular formula is C31H33N9O3. The molecule has 0 radical (unpaired) electrons. The second-order valence-corrected chi connectivity index (χ2v) is 11.2. The van der Waals surface area contributed by atoms with Crippen LogP contribution in [0.3, 0.4) is 0 Å². The van der Waals surface area contributed by atoms with Crippen LogP contribution in [0.1, 0.15) is 31.9 Å². The minimum Gasteiger partial charge on any atom is -0.479 e. The van der Waals surface area contributed by atoms with Crippen LogP contribution < -0.4 is 20.6 Å². The standard InChI is InChI=1S/C31H33N9O3/c1-31(2,3)43-30(41)39-16-14-38(15-17-39)25-10-9-24(28(36-25)42-4)35-29-34-20-23-18-22(8-7-21-6-5-11-32-19-21)26-33-12-13-40(26)27(23)37-29/h5-6,9-11,18-20,33H,12-17H2,1-4H3. The Morgan fingerprint density at radius 1 is 1.05 bits per heavy atom. The summed E-state index contributed by atoms with van der Waals surface area (Å²) < 4.78 is 13.2. The number of nitrogens with zero attached hydrogens (tertiary/aromatic N) is 8. The number of fused-ring (bicyclic) bond motifs is 3. The lowest BCUT2D eigenvalue weighted by Gasteiger charge is -2.36. The monoisotopic (exact) mass is 579 g/mol. The zero-order chi connectivity index (χ0) is 30.0. The predicted molar refractivity (Wildman–Crippen MR) is 161 cm³/mol. The lowest BCUT2D eigenvalue weighted by atomic mass is 10.1. The highest BCUT2D eigenvalue weighted by molar-refractivity contribution is 5.70. The van der Waals surface area contributed by atoms with E-state index in [0.29, 0.717) is 43.4 Å². The Bertz CT molecular complexity index is 1740. The summed E-state index contributed by atoms with van der Waals surface area (Å²) in [6, 6.07) is 9.54. The van der Waals surface area contributed by atoms with Crippen LogP contribution in [0.25, 0.3) is 11.4 Å². The normalized spacial score (nSPS) is 15.0. The molecule has 0 atom stereocenters. The number of ether oxygens (including phenoxy) is 2. The first-order valence-corrected chi connectivity index (χ1v) is 14.2. The summed E-state index contributed by atoms with van der Waals surface area (Å²) in [6.45, 7) is 9.49. The smallest absolute Gasteiger partial charge is 0.410 e. The van der Waals surface area contributed by atoms with Gasteiger partial charge in [-0.15, -0.1) is 0 Å². The molecule has 6 rings (SSSR count). The van der Waals surface area contributed by atoms with Crippen molar-refractivity contribution in [1.82, 2.24) is 29.4 Å². The second-order valence-electron chi connectivity index (χ2n) is 11.2. The highest BCUT2D eigenvalue weighted by Gasteiger charge is 2.27. The molecule has 0 bridgehead atoms. The average molecular weight is 580 g/mol. The van der Waals surface area contributed by atoms with Crippen LogP contribution in [0.5, 0.6) is 5.88 Å². The molecule has 12 heteroatoms. The van der Waals surface area contributed by atoms with Crippen molar-refractivity contribution in [1.29, 1.82) is 0 Å². The number of carbonyl (C=O) groups is 1. The molecule has 0 spiro atoms. The van der Waals surface area contributed by atoms with Gasteiger partial charge >= 0.3 is 6.09 Å². The largest absolute Gasteiger partial charge is 0.479 e. The Labute approximate surface area is 249 Å². The summed E-state index contributed by atoms with van der Waals surface area (Å²) in [4.78, 5) is 39.1. The average Bonchev–Trinajstić information content (AvgIpc) is 3.51. The summed E-state index contributed by atoms with van der Waals surface area (Å²) in [5, 5.41) is 3.43. The van der Waals surface area contributed by atoms with Crippen molar-refractivity contribution in [2.24, 2.45) is 4.99 Å². The lowest BCUT2D eigenvalue weighted by molar-refractivity contribution is 0.0240. The van der Waals surface area contributed by atoms with Gasteiger partial charge in [0.15, 0.2) is 0 Å². The number of aromatic nitrogens is 5. The van der Waals surface area contributed by atoms with Crippen LogP contribution in [-0.2, 0) is 11.3 Å². The van der Waals surface area contributed by atoms with Crippen LogP contribution >= 0.6 is 0 Å². The van der Waals surface area contributed by atoms with E-state index in [0.717, 1.165) is 47.2 Å². The predicted octanol–water partition coefficient (Wildman–Crippen LogP) is 3.30. The first-order chi connectivity index (χ1) is 20.8. The molecule has 4 aliphatic heterocycles. The Balaban J connectivity index is 1.24. The number of methoxy groups -OCH3 is 1. The van der Waals surface area contributed by atoms with Gasteiger partial charge in [-0.2, -0.15) is 9.97 Å². The SMILES string of the molecule is COc1nc(N2CCN(C(=O)OC(C)(C)C)CC2)ccc1N=c1ncc2cc(C#Cc3cccnc3)c3n(c-2n1)CCN3. The molecule has 220 valence electrons. The summed E-state index contributed by atoms with van der Waals surface area (Å²) in [5.41, 5.74) is 2.90. The molecule has 1 saturated heterocycles. The van der Waals surface area contributed by atoms with Crippen molar-refractivity contribution in [3.63, 3.8) is 0 Å². The maximum atomic E-state index is 12.4. The third kappa shape index (κ3) is 6.21. The van der Waals surface area contributed by atoms with Gasteiger partial charge in [-0.3, -0.25) is 4.98 Å². The van der Waals surface area contributed by atoms with Crippen LogP contribution in [0.4, 0.5) is 22.1 Å². The summed E-state index contributed by atoms with van der Waals surface area (Å²) in [6.07, 6.45) is 4.94. The summed E-state index contributed by atoms with van der Waals surface area (Å²) in [5.74, 6) is 9.26. The van der Waals surface area contributed by atoms with Crippen LogP contribution in [0, 0.1) is 11.8 Å². The second kappa shape index (κ2) is 11.6. The molecule has 0 saturated carbocycles. The fourth-order valence-corrected chi connectivity index (χ4v) is 4.97. The highest BCUT2D eigenvalue weighted by atomic mass is 16.6. The number of hydrogen-bond acceptors (Lipinski definition) is 10. The van der Waals surface area contributed by atoms with E-state index in [1.807, 2.05) is 51.1 Å². The van der Waals surface area contributed by atoms with Gasteiger partial charge in [0.25, 0.3) is 5.62 Å². The molecule has 0 unspecified atom stereocenters. The molecule has 0 aromatic carbocycles. The zero-order valence-corrected chi connectivity index (χ0v) is 24.7. The number of carbonyl (C=O) groups excluding carboxylic acids is 1. The molecule has 2 aromatic heterocycles. The molecule has 1 fully saturated rings. The van der Waals surface area contributed by atoms with Crippen molar-refractivity contribution >= 4 is 23.4 Å². The Hall–Kier alpha value is -5.18. The minimum atomic E-state index is -0.523. The molecule has 2 aromatic rings. The quantitative estimate of drug-likeness (QED) is 0.364. The van der Waals surface area contributed by atoms with E-state index in [1.165, 1.54) is 0 Å². The van der Waals surface area contributed by atoms with E-state index >= 15 is 0 Å². The maximum Gasteiger partial charge on any atom is 0.410 e. The van der Waals surface area contributed by atoms with Crippen LogP contribution in [-0.4, -0.2) is 80.9 Å². The third-order valence-electron chi connectivity index (χ3n) is 6.99. The van der Waals surface area contributed by atoms with E-state index < -0.39 is 5.60 Å². The molecule has 1 N–H and O–H groups in total. The minimum absolute atomic E-state index is 0.296. The topological polar surface area (TPSA) is 123 Å². The fraction of sp³-hybridized carbons (Fsp3) is 0.355. The van der Waals surface area contributed by atoms with Gasteiger partial charge in [-0.25, -0.2) is 14.8 Å². The van der Waals surface area contributed by atoms with Gasteiger partial charge in [0.1, 0.15) is 28.7 Å². The Morgan fingerprint density at radius 3 is 2.63 bits per heavy atom. The number of piperazine rings is 1. The van der Waals surface area contributed by atoms with Crippen molar-refractivity contribution in [2.75, 3.05) is 50.1 Å². The molecule has 0 aliphatic carbocycles. The highest BCUT2D eigenvalue weighted by Crippen LogP contribution is 2.31. The number of hydrogen-bond donors (Lipinski definition) is 1. The van der Waals surface area contributed by atoms with Crippen molar-refractivity contribution < 1.29 is 14.3 Å². The summed E-state index contributed by atoms with van der Waals surface area (Å²) in [7, 11) is 1.56. The molecule has 12 nitrogen and oxygen atoms in total. The van der Waals surface area contributed by atoms with Gasteiger partial charge in [0, 0.05) is 69.0 Å². The van der Waals surface area contributed by atoms with Crippen LogP contribution in [0.2, 0.25) is 0 Å². The first-order valence-electron chi connectivity index (χ1n) is 14.2.